The maximum absolute atomic E-state index is 5.93. The van der Waals surface area contributed by atoms with Gasteiger partial charge in [-0.3, -0.25) is 0 Å². The third-order valence-electron chi connectivity index (χ3n) is 2.45. The monoisotopic (exact) mass is 291 g/mol. The molecule has 4 heteroatoms. The van der Waals surface area contributed by atoms with E-state index in [-0.39, 0.29) is 0 Å². The molecule has 0 unspecified atom stereocenters. The maximum atomic E-state index is 5.93. The first-order valence-electron chi connectivity index (χ1n) is 5.87. The Morgan fingerprint density at radius 2 is 1.76 bits per heavy atom. The minimum absolute atomic E-state index is 0.703. The Morgan fingerprint density at radius 3 is 2.41 bits per heavy atom. The van der Waals surface area contributed by atoms with Crippen molar-refractivity contribution in [1.82, 2.24) is 5.32 Å². The van der Waals surface area contributed by atoms with Crippen LogP contribution in [-0.2, 0) is 6.54 Å². The van der Waals surface area contributed by atoms with Gasteiger partial charge in [0, 0.05) is 16.6 Å². The standard InChI is InChI=1S/C13H19Cl2NS/c1-17-6-4-2-3-5-16-10-11-7-12(14)9-13(15)8-11/h7-9,16H,2-6,10H2,1H3. The molecule has 0 aliphatic rings. The number of hydrogen-bond acceptors (Lipinski definition) is 2. The predicted octanol–water partition coefficient (Wildman–Crippen LogP) is 4.62. The van der Waals surface area contributed by atoms with E-state index in [0.717, 1.165) is 18.7 Å². The minimum atomic E-state index is 0.703. The summed E-state index contributed by atoms with van der Waals surface area (Å²) in [5, 5.41) is 4.82. The van der Waals surface area contributed by atoms with Crippen LogP contribution in [0.1, 0.15) is 24.8 Å². The van der Waals surface area contributed by atoms with E-state index in [1.54, 1.807) is 6.07 Å². The lowest BCUT2D eigenvalue weighted by Crippen LogP contribution is -2.14. The Kier molecular flexibility index (Phi) is 8.12. The first kappa shape index (κ1) is 15.2. The zero-order chi connectivity index (χ0) is 12.5. The van der Waals surface area contributed by atoms with Crippen molar-refractivity contribution in [3.05, 3.63) is 33.8 Å². The van der Waals surface area contributed by atoms with E-state index >= 15 is 0 Å². The summed E-state index contributed by atoms with van der Waals surface area (Å²) < 4.78 is 0. The number of rotatable bonds is 8. The molecule has 1 N–H and O–H groups in total. The summed E-state index contributed by atoms with van der Waals surface area (Å²) in [4.78, 5) is 0. The van der Waals surface area contributed by atoms with Gasteiger partial charge in [-0.15, -0.1) is 0 Å². The Bertz CT molecular complexity index is 311. The number of thioether (sulfide) groups is 1. The van der Waals surface area contributed by atoms with E-state index in [1.165, 1.54) is 25.0 Å². The molecule has 0 saturated heterocycles. The molecule has 96 valence electrons. The van der Waals surface area contributed by atoms with Crippen molar-refractivity contribution >= 4 is 35.0 Å². The van der Waals surface area contributed by atoms with Gasteiger partial charge in [0.25, 0.3) is 0 Å². The van der Waals surface area contributed by atoms with E-state index in [2.05, 4.69) is 11.6 Å². The fraction of sp³-hybridized carbons (Fsp3) is 0.538. The summed E-state index contributed by atoms with van der Waals surface area (Å²) in [5.41, 5.74) is 1.15. The van der Waals surface area contributed by atoms with Gasteiger partial charge in [-0.1, -0.05) is 29.6 Å². The molecule has 0 amide bonds. The van der Waals surface area contributed by atoms with E-state index in [4.69, 9.17) is 23.2 Å². The summed E-state index contributed by atoms with van der Waals surface area (Å²) in [7, 11) is 0. The van der Waals surface area contributed by atoms with Crippen molar-refractivity contribution in [2.45, 2.75) is 25.8 Å². The van der Waals surface area contributed by atoms with E-state index in [1.807, 2.05) is 23.9 Å². The van der Waals surface area contributed by atoms with Crippen LogP contribution in [0.25, 0.3) is 0 Å². The highest BCUT2D eigenvalue weighted by Crippen LogP contribution is 2.18. The molecule has 0 aliphatic heterocycles. The molecule has 0 atom stereocenters. The van der Waals surface area contributed by atoms with Gasteiger partial charge in [-0.05, 0) is 55.2 Å². The van der Waals surface area contributed by atoms with Crippen LogP contribution in [0.5, 0.6) is 0 Å². The zero-order valence-electron chi connectivity index (χ0n) is 10.1. The highest BCUT2D eigenvalue weighted by Gasteiger charge is 1.97. The molecule has 0 radical (unpaired) electrons. The van der Waals surface area contributed by atoms with Crippen LogP contribution in [0.15, 0.2) is 18.2 Å². The second-order valence-corrected chi connectivity index (χ2v) is 5.87. The third kappa shape index (κ3) is 7.20. The fourth-order valence-corrected chi connectivity index (χ4v) is 2.68. The molecule has 0 heterocycles. The van der Waals surface area contributed by atoms with Crippen LogP contribution in [0.3, 0.4) is 0 Å². The van der Waals surface area contributed by atoms with E-state index in [0.29, 0.717) is 10.0 Å². The largest absolute Gasteiger partial charge is 0.313 e. The first-order valence-corrected chi connectivity index (χ1v) is 8.02. The highest BCUT2D eigenvalue weighted by atomic mass is 35.5. The van der Waals surface area contributed by atoms with Crippen LogP contribution >= 0.6 is 35.0 Å². The summed E-state index contributed by atoms with van der Waals surface area (Å²) in [6.07, 6.45) is 5.99. The molecule has 0 bridgehead atoms. The van der Waals surface area contributed by atoms with Crippen LogP contribution in [0, 0.1) is 0 Å². The molecule has 0 spiro atoms. The number of hydrogen-bond donors (Lipinski definition) is 1. The number of nitrogens with one attached hydrogen (secondary N) is 1. The summed E-state index contributed by atoms with van der Waals surface area (Å²) in [6, 6.07) is 5.66. The predicted molar refractivity (Wildman–Crippen MR) is 80.4 cm³/mol. The van der Waals surface area contributed by atoms with E-state index < -0.39 is 0 Å². The van der Waals surface area contributed by atoms with Gasteiger partial charge in [0.2, 0.25) is 0 Å². The minimum Gasteiger partial charge on any atom is -0.313 e. The molecule has 17 heavy (non-hydrogen) atoms. The molecule has 0 aliphatic carbocycles. The summed E-state index contributed by atoms with van der Waals surface area (Å²) >= 11 is 13.8. The van der Waals surface area contributed by atoms with Gasteiger partial charge in [0.05, 0.1) is 0 Å². The topological polar surface area (TPSA) is 12.0 Å². The molecule has 1 aromatic carbocycles. The quantitative estimate of drug-likeness (QED) is 0.702. The van der Waals surface area contributed by atoms with Crippen molar-refractivity contribution in [2.75, 3.05) is 18.6 Å². The average molecular weight is 292 g/mol. The van der Waals surface area contributed by atoms with Crippen molar-refractivity contribution < 1.29 is 0 Å². The van der Waals surface area contributed by atoms with Gasteiger partial charge >= 0.3 is 0 Å². The fourth-order valence-electron chi connectivity index (χ4n) is 1.62. The molecule has 1 aromatic rings. The second kappa shape index (κ2) is 9.09. The van der Waals surface area contributed by atoms with Gasteiger partial charge < -0.3 is 5.32 Å². The van der Waals surface area contributed by atoms with Crippen LogP contribution < -0.4 is 5.32 Å². The lowest BCUT2D eigenvalue weighted by atomic mass is 10.2. The lowest BCUT2D eigenvalue weighted by molar-refractivity contribution is 0.618. The molecule has 1 rings (SSSR count). The van der Waals surface area contributed by atoms with Crippen molar-refractivity contribution in [3.8, 4) is 0 Å². The van der Waals surface area contributed by atoms with Gasteiger partial charge in [0.15, 0.2) is 0 Å². The van der Waals surface area contributed by atoms with E-state index in [9.17, 15) is 0 Å². The van der Waals surface area contributed by atoms with Crippen molar-refractivity contribution in [1.29, 1.82) is 0 Å². The molecular formula is C13H19Cl2NS. The molecule has 0 fully saturated rings. The molecule has 1 nitrogen and oxygen atoms in total. The summed E-state index contributed by atoms with van der Waals surface area (Å²) in [5.74, 6) is 1.27. The zero-order valence-corrected chi connectivity index (χ0v) is 12.5. The smallest absolute Gasteiger partial charge is 0.0424 e. The summed E-state index contributed by atoms with van der Waals surface area (Å²) in [6.45, 7) is 1.89. The van der Waals surface area contributed by atoms with Crippen molar-refractivity contribution in [2.24, 2.45) is 0 Å². The van der Waals surface area contributed by atoms with Crippen LogP contribution in [0.2, 0.25) is 10.0 Å². The highest BCUT2D eigenvalue weighted by molar-refractivity contribution is 7.98. The number of unbranched alkanes of at least 4 members (excludes halogenated alkanes) is 2. The van der Waals surface area contributed by atoms with Gasteiger partial charge in [0.1, 0.15) is 0 Å². The Morgan fingerprint density at radius 1 is 1.06 bits per heavy atom. The SMILES string of the molecule is CSCCCCCNCc1cc(Cl)cc(Cl)c1. The Balaban J connectivity index is 2.13. The normalized spacial score (nSPS) is 10.8. The van der Waals surface area contributed by atoms with Crippen LogP contribution in [-0.4, -0.2) is 18.6 Å². The Hall–Kier alpha value is 0.110. The maximum Gasteiger partial charge on any atom is 0.0424 e. The lowest BCUT2D eigenvalue weighted by Gasteiger charge is -2.06. The second-order valence-electron chi connectivity index (χ2n) is 4.01. The number of benzene rings is 1. The molecular weight excluding hydrogens is 273 g/mol. The average Bonchev–Trinajstić information content (AvgIpc) is 2.26. The van der Waals surface area contributed by atoms with Gasteiger partial charge in [-0.25, -0.2) is 0 Å². The first-order chi connectivity index (χ1) is 8.22. The van der Waals surface area contributed by atoms with Crippen molar-refractivity contribution in [3.63, 3.8) is 0 Å². The Labute approximate surface area is 118 Å². The van der Waals surface area contributed by atoms with Gasteiger partial charge in [-0.2, -0.15) is 11.8 Å². The number of halogens is 2. The molecule has 0 saturated carbocycles. The van der Waals surface area contributed by atoms with Crippen LogP contribution in [0.4, 0.5) is 0 Å². The molecule has 0 aromatic heterocycles. The third-order valence-corrected chi connectivity index (χ3v) is 3.59.